The highest BCUT2D eigenvalue weighted by Gasteiger charge is 2.18. The van der Waals surface area contributed by atoms with E-state index in [1.807, 2.05) is 7.05 Å². The first-order chi connectivity index (χ1) is 9.06. The number of likely N-dealkylation sites (N-methyl/N-ethyl adjacent to an activating group) is 1. The van der Waals surface area contributed by atoms with Gasteiger partial charge in [0.15, 0.2) is 0 Å². The largest absolute Gasteiger partial charge is 0.378 e. The number of nitrogens with zero attached hydrogens (tertiary/aromatic N) is 3. The fourth-order valence-corrected chi connectivity index (χ4v) is 1.93. The number of nitrogen functional groups attached to an aromatic ring is 1. The van der Waals surface area contributed by atoms with Crippen LogP contribution in [0.3, 0.4) is 0 Å². The van der Waals surface area contributed by atoms with E-state index >= 15 is 0 Å². The van der Waals surface area contributed by atoms with Gasteiger partial charge in [0.2, 0.25) is 5.82 Å². The smallest absolute Gasteiger partial charge is 0.311 e. The molecule has 8 heteroatoms. The van der Waals surface area contributed by atoms with Crippen LogP contribution in [0.2, 0.25) is 0 Å². The van der Waals surface area contributed by atoms with E-state index in [0.717, 1.165) is 13.1 Å². The molecule has 3 N–H and O–H groups in total. The molecule has 104 valence electrons. The summed E-state index contributed by atoms with van der Waals surface area (Å²) < 4.78 is 5.59. The van der Waals surface area contributed by atoms with E-state index in [0.29, 0.717) is 19.0 Å². The maximum Gasteiger partial charge on any atom is 0.311 e. The van der Waals surface area contributed by atoms with Gasteiger partial charge in [-0.15, -0.1) is 0 Å². The van der Waals surface area contributed by atoms with Gasteiger partial charge in [0.05, 0.1) is 17.6 Å². The van der Waals surface area contributed by atoms with Gasteiger partial charge < -0.3 is 20.7 Å². The van der Waals surface area contributed by atoms with E-state index in [-0.39, 0.29) is 17.6 Å². The highest BCUT2D eigenvalue weighted by atomic mass is 16.6. The van der Waals surface area contributed by atoms with Crippen molar-refractivity contribution in [3.05, 3.63) is 22.2 Å². The number of pyridine rings is 1. The fourth-order valence-electron chi connectivity index (χ4n) is 1.93. The van der Waals surface area contributed by atoms with Crippen LogP contribution in [0.25, 0.3) is 0 Å². The SMILES string of the molecule is CN1CCOC(CNc2ccc([N+](=O)[O-])c(N)n2)C1. The molecule has 2 heterocycles. The van der Waals surface area contributed by atoms with Crippen LogP contribution in [0.4, 0.5) is 17.3 Å². The summed E-state index contributed by atoms with van der Waals surface area (Å²) in [5, 5.41) is 13.7. The van der Waals surface area contributed by atoms with E-state index in [1.165, 1.54) is 6.07 Å². The second-order valence-corrected chi connectivity index (χ2v) is 4.49. The Morgan fingerprint density at radius 1 is 1.68 bits per heavy atom. The molecule has 1 aromatic heterocycles. The van der Waals surface area contributed by atoms with Crippen molar-refractivity contribution in [1.82, 2.24) is 9.88 Å². The van der Waals surface area contributed by atoms with Gasteiger partial charge in [0.25, 0.3) is 0 Å². The molecule has 0 aliphatic carbocycles. The zero-order valence-electron chi connectivity index (χ0n) is 10.7. The average molecular weight is 267 g/mol. The van der Waals surface area contributed by atoms with Crippen molar-refractivity contribution in [3.8, 4) is 0 Å². The highest BCUT2D eigenvalue weighted by molar-refractivity contribution is 5.57. The van der Waals surface area contributed by atoms with Gasteiger partial charge in [-0.3, -0.25) is 10.1 Å². The molecule has 8 nitrogen and oxygen atoms in total. The van der Waals surface area contributed by atoms with Gasteiger partial charge in [0.1, 0.15) is 5.82 Å². The number of morpholine rings is 1. The number of aromatic nitrogens is 1. The lowest BCUT2D eigenvalue weighted by Crippen LogP contribution is -2.43. The van der Waals surface area contributed by atoms with Crippen LogP contribution in [0, 0.1) is 10.1 Å². The third-order valence-corrected chi connectivity index (χ3v) is 2.95. The van der Waals surface area contributed by atoms with Crippen LogP contribution >= 0.6 is 0 Å². The van der Waals surface area contributed by atoms with Gasteiger partial charge in [-0.05, 0) is 13.1 Å². The summed E-state index contributed by atoms with van der Waals surface area (Å²) in [5.74, 6) is 0.427. The molecule has 0 saturated carbocycles. The van der Waals surface area contributed by atoms with Gasteiger partial charge in [-0.25, -0.2) is 4.98 Å². The Kier molecular flexibility index (Phi) is 4.13. The van der Waals surface area contributed by atoms with Crippen LogP contribution in [-0.2, 0) is 4.74 Å². The summed E-state index contributed by atoms with van der Waals surface area (Å²) in [6, 6.07) is 2.89. The van der Waals surface area contributed by atoms with Gasteiger partial charge >= 0.3 is 5.69 Å². The Balaban J connectivity index is 1.92. The first-order valence-corrected chi connectivity index (χ1v) is 6.01. The van der Waals surface area contributed by atoms with Crippen molar-refractivity contribution in [2.45, 2.75) is 6.10 Å². The lowest BCUT2D eigenvalue weighted by molar-refractivity contribution is -0.384. The Hall–Kier alpha value is -1.93. The molecule has 1 saturated heterocycles. The molecule has 0 radical (unpaired) electrons. The molecular weight excluding hydrogens is 250 g/mol. The first kappa shape index (κ1) is 13.5. The lowest BCUT2D eigenvalue weighted by Gasteiger charge is -2.30. The molecule has 1 atom stereocenters. The predicted octanol–water partition coefficient (Wildman–Crippen LogP) is 0.314. The number of nitro groups is 1. The van der Waals surface area contributed by atoms with Crippen LogP contribution in [0.15, 0.2) is 12.1 Å². The molecule has 0 amide bonds. The van der Waals surface area contributed by atoms with E-state index in [1.54, 1.807) is 6.07 Å². The van der Waals surface area contributed by atoms with Crippen molar-refractivity contribution < 1.29 is 9.66 Å². The monoisotopic (exact) mass is 267 g/mol. The van der Waals surface area contributed by atoms with Crippen LogP contribution in [0.5, 0.6) is 0 Å². The number of ether oxygens (including phenoxy) is 1. The Morgan fingerprint density at radius 2 is 2.47 bits per heavy atom. The molecule has 0 spiro atoms. The van der Waals surface area contributed by atoms with Crippen molar-refractivity contribution in [3.63, 3.8) is 0 Å². The molecule has 1 unspecified atom stereocenters. The van der Waals surface area contributed by atoms with Crippen molar-refractivity contribution >= 4 is 17.3 Å². The molecule has 0 bridgehead atoms. The first-order valence-electron chi connectivity index (χ1n) is 6.01. The number of hydrogen-bond donors (Lipinski definition) is 2. The van der Waals surface area contributed by atoms with Gasteiger partial charge in [0, 0.05) is 25.7 Å². The summed E-state index contributed by atoms with van der Waals surface area (Å²) in [5.41, 5.74) is 5.34. The summed E-state index contributed by atoms with van der Waals surface area (Å²) in [7, 11) is 2.04. The number of rotatable bonds is 4. The molecule has 1 aliphatic heterocycles. The quantitative estimate of drug-likeness (QED) is 0.597. The van der Waals surface area contributed by atoms with Crippen molar-refractivity contribution in [1.29, 1.82) is 0 Å². The van der Waals surface area contributed by atoms with E-state index in [2.05, 4.69) is 15.2 Å². The zero-order chi connectivity index (χ0) is 13.8. The minimum atomic E-state index is -0.550. The van der Waals surface area contributed by atoms with Crippen molar-refractivity contribution in [2.75, 3.05) is 44.3 Å². The Labute approximate surface area is 110 Å². The lowest BCUT2D eigenvalue weighted by atomic mass is 10.3. The topological polar surface area (TPSA) is 107 Å². The van der Waals surface area contributed by atoms with E-state index < -0.39 is 4.92 Å². The number of nitrogens with one attached hydrogen (secondary N) is 1. The third kappa shape index (κ3) is 3.52. The molecule has 1 aliphatic rings. The average Bonchev–Trinajstić information content (AvgIpc) is 2.36. The number of nitrogens with two attached hydrogens (primary N) is 1. The Bertz CT molecular complexity index is 468. The maximum atomic E-state index is 10.6. The minimum Gasteiger partial charge on any atom is -0.378 e. The summed E-state index contributed by atoms with van der Waals surface area (Å²) in [6.07, 6.45) is 0.0805. The highest BCUT2D eigenvalue weighted by Crippen LogP contribution is 2.20. The second-order valence-electron chi connectivity index (χ2n) is 4.49. The number of anilines is 2. The standard InChI is InChI=1S/C11H17N5O3/c1-15-4-5-19-8(7-15)6-13-10-3-2-9(16(17)18)11(12)14-10/h2-3,8H,4-7H2,1H3,(H3,12,13,14). The van der Waals surface area contributed by atoms with Crippen molar-refractivity contribution in [2.24, 2.45) is 0 Å². The molecular formula is C11H17N5O3. The fraction of sp³-hybridized carbons (Fsp3) is 0.545. The summed E-state index contributed by atoms with van der Waals surface area (Å²) in [6.45, 7) is 3.07. The minimum absolute atomic E-state index is 0.0805. The number of hydrogen-bond acceptors (Lipinski definition) is 7. The van der Waals surface area contributed by atoms with Crippen LogP contribution in [0.1, 0.15) is 0 Å². The summed E-state index contributed by atoms with van der Waals surface area (Å²) >= 11 is 0. The molecule has 1 fully saturated rings. The van der Waals surface area contributed by atoms with Gasteiger partial charge in [-0.2, -0.15) is 0 Å². The third-order valence-electron chi connectivity index (χ3n) is 2.95. The van der Waals surface area contributed by atoms with E-state index in [9.17, 15) is 10.1 Å². The zero-order valence-corrected chi connectivity index (χ0v) is 10.7. The predicted molar refractivity (Wildman–Crippen MR) is 71.0 cm³/mol. The normalized spacial score (nSPS) is 20.2. The van der Waals surface area contributed by atoms with Crippen LogP contribution in [-0.4, -0.2) is 54.2 Å². The molecule has 19 heavy (non-hydrogen) atoms. The molecule has 2 rings (SSSR count). The molecule has 1 aromatic rings. The van der Waals surface area contributed by atoms with Crippen LogP contribution < -0.4 is 11.1 Å². The second kappa shape index (κ2) is 5.81. The van der Waals surface area contributed by atoms with Gasteiger partial charge in [-0.1, -0.05) is 0 Å². The maximum absolute atomic E-state index is 10.6. The van der Waals surface area contributed by atoms with E-state index in [4.69, 9.17) is 10.5 Å². The summed E-state index contributed by atoms with van der Waals surface area (Å²) in [4.78, 5) is 16.2. The Morgan fingerprint density at radius 3 is 3.11 bits per heavy atom. The molecule has 0 aromatic carbocycles.